The SMILES string of the molecule is CC(C)Cc1nc(Cl)c(N)cc1N. The van der Waals surface area contributed by atoms with Gasteiger partial charge in [-0.15, -0.1) is 0 Å². The minimum Gasteiger partial charge on any atom is -0.397 e. The molecule has 0 unspecified atom stereocenters. The fourth-order valence-corrected chi connectivity index (χ4v) is 1.26. The Morgan fingerprint density at radius 1 is 1.38 bits per heavy atom. The van der Waals surface area contributed by atoms with Crippen molar-refractivity contribution >= 4 is 23.0 Å². The second-order valence-corrected chi connectivity index (χ2v) is 3.86. The average molecular weight is 200 g/mol. The fourth-order valence-electron chi connectivity index (χ4n) is 1.11. The molecule has 1 aromatic rings. The van der Waals surface area contributed by atoms with Crippen molar-refractivity contribution in [3.8, 4) is 0 Å². The highest BCUT2D eigenvalue weighted by Crippen LogP contribution is 2.23. The fraction of sp³-hybridized carbons (Fsp3) is 0.444. The van der Waals surface area contributed by atoms with Crippen molar-refractivity contribution in [1.82, 2.24) is 4.98 Å². The lowest BCUT2D eigenvalue weighted by Crippen LogP contribution is -2.04. The number of nitrogen functional groups attached to an aromatic ring is 2. The molecule has 0 aliphatic heterocycles. The number of nitrogens with two attached hydrogens (primary N) is 2. The largest absolute Gasteiger partial charge is 0.397 e. The Hall–Kier alpha value is -0.960. The van der Waals surface area contributed by atoms with Crippen LogP contribution in [0, 0.1) is 5.92 Å². The maximum atomic E-state index is 5.78. The van der Waals surface area contributed by atoms with E-state index >= 15 is 0 Å². The molecule has 72 valence electrons. The van der Waals surface area contributed by atoms with Gasteiger partial charge in [-0.3, -0.25) is 0 Å². The number of hydrogen-bond donors (Lipinski definition) is 2. The number of pyridine rings is 1. The van der Waals surface area contributed by atoms with Gasteiger partial charge in [-0.2, -0.15) is 0 Å². The molecule has 0 spiro atoms. The molecule has 13 heavy (non-hydrogen) atoms. The van der Waals surface area contributed by atoms with Gasteiger partial charge in [0.15, 0.2) is 5.15 Å². The number of halogens is 1. The molecule has 0 aliphatic rings. The number of rotatable bonds is 2. The van der Waals surface area contributed by atoms with E-state index in [1.807, 2.05) is 0 Å². The molecule has 1 rings (SSSR count). The van der Waals surface area contributed by atoms with E-state index in [1.54, 1.807) is 6.07 Å². The van der Waals surface area contributed by atoms with Crippen LogP contribution < -0.4 is 11.5 Å². The molecule has 3 nitrogen and oxygen atoms in total. The first-order valence-corrected chi connectivity index (χ1v) is 4.59. The summed E-state index contributed by atoms with van der Waals surface area (Å²) in [5.74, 6) is 0.509. The molecule has 0 atom stereocenters. The van der Waals surface area contributed by atoms with Gasteiger partial charge in [0.25, 0.3) is 0 Å². The van der Waals surface area contributed by atoms with Gasteiger partial charge in [-0.1, -0.05) is 25.4 Å². The Bertz CT molecular complexity index is 310. The van der Waals surface area contributed by atoms with Gasteiger partial charge in [-0.25, -0.2) is 4.98 Å². The Morgan fingerprint density at radius 2 is 2.00 bits per heavy atom. The maximum absolute atomic E-state index is 5.78. The molecular weight excluding hydrogens is 186 g/mol. The van der Waals surface area contributed by atoms with E-state index in [2.05, 4.69) is 18.8 Å². The van der Waals surface area contributed by atoms with Crippen LogP contribution in [0.3, 0.4) is 0 Å². The highest BCUT2D eigenvalue weighted by atomic mass is 35.5. The summed E-state index contributed by atoms with van der Waals surface area (Å²) in [5, 5.41) is 0.338. The molecule has 0 aromatic carbocycles. The Kier molecular flexibility index (Phi) is 2.98. The van der Waals surface area contributed by atoms with Crippen molar-refractivity contribution in [3.05, 3.63) is 16.9 Å². The normalized spacial score (nSPS) is 10.8. The molecule has 0 aliphatic carbocycles. The first-order chi connectivity index (χ1) is 6.00. The zero-order chi connectivity index (χ0) is 10.0. The minimum absolute atomic E-state index is 0.338. The van der Waals surface area contributed by atoms with Crippen LogP contribution in [-0.4, -0.2) is 4.98 Å². The van der Waals surface area contributed by atoms with E-state index in [1.165, 1.54) is 0 Å². The summed E-state index contributed by atoms with van der Waals surface area (Å²) < 4.78 is 0. The van der Waals surface area contributed by atoms with Gasteiger partial charge in [0.1, 0.15) is 0 Å². The summed E-state index contributed by atoms with van der Waals surface area (Å²) in [7, 11) is 0. The smallest absolute Gasteiger partial charge is 0.152 e. The number of nitrogens with zero attached hydrogens (tertiary/aromatic N) is 1. The highest BCUT2D eigenvalue weighted by Gasteiger charge is 2.07. The molecule has 0 saturated carbocycles. The number of hydrogen-bond acceptors (Lipinski definition) is 3. The lowest BCUT2D eigenvalue weighted by atomic mass is 10.1. The van der Waals surface area contributed by atoms with Gasteiger partial charge in [-0.05, 0) is 18.4 Å². The van der Waals surface area contributed by atoms with Gasteiger partial charge in [0.2, 0.25) is 0 Å². The van der Waals surface area contributed by atoms with Crippen LogP contribution in [0.4, 0.5) is 11.4 Å². The standard InChI is InChI=1S/C9H14ClN3/c1-5(2)3-8-6(11)4-7(12)9(10)13-8/h4-5H,3,11-12H2,1-2H3. The van der Waals surface area contributed by atoms with E-state index in [0.717, 1.165) is 12.1 Å². The Morgan fingerprint density at radius 3 is 2.54 bits per heavy atom. The summed E-state index contributed by atoms with van der Waals surface area (Å²) in [6.07, 6.45) is 0.825. The maximum Gasteiger partial charge on any atom is 0.152 e. The third-order valence-electron chi connectivity index (χ3n) is 1.72. The van der Waals surface area contributed by atoms with Crippen LogP contribution in [0.15, 0.2) is 6.07 Å². The van der Waals surface area contributed by atoms with Gasteiger partial charge >= 0.3 is 0 Å². The van der Waals surface area contributed by atoms with E-state index in [9.17, 15) is 0 Å². The minimum atomic E-state index is 0.338. The van der Waals surface area contributed by atoms with Crippen LogP contribution in [0.1, 0.15) is 19.5 Å². The quantitative estimate of drug-likeness (QED) is 0.717. The molecule has 1 heterocycles. The van der Waals surface area contributed by atoms with Crippen molar-refractivity contribution in [3.63, 3.8) is 0 Å². The molecular formula is C9H14ClN3. The summed E-state index contributed by atoms with van der Waals surface area (Å²) in [6.45, 7) is 4.21. The second-order valence-electron chi connectivity index (χ2n) is 3.50. The third kappa shape index (κ3) is 2.49. The van der Waals surface area contributed by atoms with Gasteiger partial charge < -0.3 is 11.5 Å². The zero-order valence-electron chi connectivity index (χ0n) is 7.84. The van der Waals surface area contributed by atoms with Crippen molar-refractivity contribution < 1.29 is 0 Å². The van der Waals surface area contributed by atoms with E-state index in [0.29, 0.717) is 22.4 Å². The van der Waals surface area contributed by atoms with Crippen LogP contribution >= 0.6 is 11.6 Å². The van der Waals surface area contributed by atoms with Crippen LogP contribution in [0.5, 0.6) is 0 Å². The predicted molar refractivity (Wildman–Crippen MR) is 56.6 cm³/mol. The van der Waals surface area contributed by atoms with Gasteiger partial charge in [0, 0.05) is 0 Å². The summed E-state index contributed by atoms with van der Waals surface area (Å²) >= 11 is 5.78. The molecule has 0 radical (unpaired) electrons. The topological polar surface area (TPSA) is 64.9 Å². The Balaban J connectivity index is 3.01. The van der Waals surface area contributed by atoms with Crippen LogP contribution in [0.25, 0.3) is 0 Å². The molecule has 1 aromatic heterocycles. The predicted octanol–water partition coefficient (Wildman–Crippen LogP) is 2.10. The third-order valence-corrected chi connectivity index (χ3v) is 2.02. The van der Waals surface area contributed by atoms with Crippen molar-refractivity contribution in [2.45, 2.75) is 20.3 Å². The lowest BCUT2D eigenvalue weighted by molar-refractivity contribution is 0.637. The molecule has 4 heteroatoms. The second kappa shape index (κ2) is 3.83. The average Bonchev–Trinajstić information content (AvgIpc) is 1.99. The van der Waals surface area contributed by atoms with Crippen LogP contribution in [0.2, 0.25) is 5.15 Å². The monoisotopic (exact) mass is 199 g/mol. The molecule has 4 N–H and O–H groups in total. The van der Waals surface area contributed by atoms with Crippen LogP contribution in [-0.2, 0) is 6.42 Å². The number of aromatic nitrogens is 1. The van der Waals surface area contributed by atoms with E-state index < -0.39 is 0 Å². The summed E-state index contributed by atoms with van der Waals surface area (Å²) in [6, 6.07) is 1.66. The molecule has 0 fully saturated rings. The van der Waals surface area contributed by atoms with E-state index in [4.69, 9.17) is 23.1 Å². The summed E-state index contributed by atoms with van der Waals surface area (Å²) in [5.41, 5.74) is 13.2. The first-order valence-electron chi connectivity index (χ1n) is 4.21. The lowest BCUT2D eigenvalue weighted by Gasteiger charge is -2.08. The molecule has 0 saturated heterocycles. The van der Waals surface area contributed by atoms with Crippen molar-refractivity contribution in [1.29, 1.82) is 0 Å². The molecule has 0 bridgehead atoms. The van der Waals surface area contributed by atoms with E-state index in [-0.39, 0.29) is 0 Å². The van der Waals surface area contributed by atoms with Crippen molar-refractivity contribution in [2.24, 2.45) is 5.92 Å². The number of anilines is 2. The Labute approximate surface area is 83.1 Å². The van der Waals surface area contributed by atoms with Crippen molar-refractivity contribution in [2.75, 3.05) is 11.5 Å². The molecule has 0 amide bonds. The van der Waals surface area contributed by atoms with Gasteiger partial charge in [0.05, 0.1) is 17.1 Å². The zero-order valence-corrected chi connectivity index (χ0v) is 8.60. The highest BCUT2D eigenvalue weighted by molar-refractivity contribution is 6.31. The summed E-state index contributed by atoms with van der Waals surface area (Å²) in [4.78, 5) is 4.13. The first kappa shape index (κ1) is 10.1.